The second-order valence-electron chi connectivity index (χ2n) is 3.51. The number of nitrogens with one attached hydrogen (secondary N) is 2. The van der Waals surface area contributed by atoms with Gasteiger partial charge in [-0.3, -0.25) is 4.79 Å². The van der Waals surface area contributed by atoms with Crippen molar-refractivity contribution in [3.8, 4) is 0 Å². The predicted molar refractivity (Wildman–Crippen MR) is 72.0 cm³/mol. The van der Waals surface area contributed by atoms with Crippen molar-refractivity contribution in [3.63, 3.8) is 0 Å². The summed E-state index contributed by atoms with van der Waals surface area (Å²) >= 11 is 5.01. The minimum atomic E-state index is -0.0714. The molecule has 1 amide bonds. The number of halogens is 1. The van der Waals surface area contributed by atoms with Crippen LogP contribution >= 0.6 is 27.3 Å². The average molecular weight is 305 g/mol. The van der Waals surface area contributed by atoms with Gasteiger partial charge in [-0.1, -0.05) is 6.92 Å². The molecule has 0 bridgehead atoms. The number of likely N-dealkylation sites (N-methyl/N-ethyl adjacent to an activating group) is 1. The number of amides is 1. The molecule has 0 aliphatic carbocycles. The summed E-state index contributed by atoms with van der Waals surface area (Å²) in [5.41, 5.74) is 0. The van der Waals surface area contributed by atoms with Gasteiger partial charge >= 0.3 is 0 Å². The lowest BCUT2D eigenvalue weighted by atomic mass is 10.1. The third-order valence-electron chi connectivity index (χ3n) is 2.27. The lowest BCUT2D eigenvalue weighted by Gasteiger charge is -2.10. The van der Waals surface area contributed by atoms with E-state index in [-0.39, 0.29) is 11.8 Å². The Bertz CT molecular complexity index is 340. The predicted octanol–water partition coefficient (Wildman–Crippen LogP) is 2.34. The molecule has 2 N–H and O–H groups in total. The first-order valence-corrected chi connectivity index (χ1v) is 6.99. The molecule has 5 heteroatoms. The SMILES string of the molecule is CCNCCNC(=O)C(C)c1ccc(Br)s1. The zero-order chi connectivity index (χ0) is 12.0. The van der Waals surface area contributed by atoms with E-state index in [9.17, 15) is 4.79 Å². The van der Waals surface area contributed by atoms with E-state index in [2.05, 4.69) is 26.6 Å². The molecule has 0 aromatic carbocycles. The monoisotopic (exact) mass is 304 g/mol. The summed E-state index contributed by atoms with van der Waals surface area (Å²) in [5, 5.41) is 6.08. The van der Waals surface area contributed by atoms with E-state index in [1.807, 2.05) is 26.0 Å². The van der Waals surface area contributed by atoms with Gasteiger partial charge < -0.3 is 10.6 Å². The number of hydrogen-bond donors (Lipinski definition) is 2. The molecule has 16 heavy (non-hydrogen) atoms. The molecule has 0 radical (unpaired) electrons. The molecule has 1 aromatic rings. The molecule has 1 aromatic heterocycles. The summed E-state index contributed by atoms with van der Waals surface area (Å²) in [6.45, 7) is 6.42. The van der Waals surface area contributed by atoms with Crippen molar-refractivity contribution in [2.24, 2.45) is 0 Å². The molecule has 1 unspecified atom stereocenters. The molecule has 0 saturated heterocycles. The Morgan fingerprint density at radius 1 is 1.50 bits per heavy atom. The zero-order valence-corrected chi connectivity index (χ0v) is 12.0. The summed E-state index contributed by atoms with van der Waals surface area (Å²) in [5.74, 6) is 0.0187. The Kier molecular flexibility index (Phi) is 6.01. The summed E-state index contributed by atoms with van der Waals surface area (Å²) in [7, 11) is 0. The van der Waals surface area contributed by atoms with Gasteiger partial charge in [0.1, 0.15) is 0 Å². The molecule has 0 spiro atoms. The lowest BCUT2D eigenvalue weighted by molar-refractivity contribution is -0.122. The van der Waals surface area contributed by atoms with Crippen LogP contribution in [0.1, 0.15) is 24.6 Å². The Balaban J connectivity index is 2.36. The summed E-state index contributed by atoms with van der Waals surface area (Å²) < 4.78 is 1.06. The number of rotatable bonds is 6. The van der Waals surface area contributed by atoms with Gasteiger partial charge in [-0.25, -0.2) is 0 Å². The molecule has 0 saturated carbocycles. The van der Waals surface area contributed by atoms with Crippen LogP contribution in [0.2, 0.25) is 0 Å². The van der Waals surface area contributed by atoms with E-state index in [0.29, 0.717) is 6.54 Å². The molecular weight excluding hydrogens is 288 g/mol. The Morgan fingerprint density at radius 2 is 2.25 bits per heavy atom. The van der Waals surface area contributed by atoms with Gasteiger partial charge in [0.25, 0.3) is 0 Å². The molecule has 0 aliphatic heterocycles. The molecule has 0 fully saturated rings. The van der Waals surface area contributed by atoms with Gasteiger partial charge in [0, 0.05) is 18.0 Å². The van der Waals surface area contributed by atoms with Crippen LogP contribution < -0.4 is 10.6 Å². The fourth-order valence-electron chi connectivity index (χ4n) is 1.29. The van der Waals surface area contributed by atoms with Crippen molar-refractivity contribution in [2.75, 3.05) is 19.6 Å². The van der Waals surface area contributed by atoms with Crippen molar-refractivity contribution in [1.29, 1.82) is 0 Å². The van der Waals surface area contributed by atoms with E-state index in [1.165, 1.54) is 0 Å². The largest absolute Gasteiger partial charge is 0.354 e. The minimum absolute atomic E-state index is 0.0714. The van der Waals surface area contributed by atoms with Crippen molar-refractivity contribution in [2.45, 2.75) is 19.8 Å². The maximum absolute atomic E-state index is 11.8. The molecule has 1 atom stereocenters. The van der Waals surface area contributed by atoms with Gasteiger partial charge in [0.15, 0.2) is 0 Å². The smallest absolute Gasteiger partial charge is 0.228 e. The summed E-state index contributed by atoms with van der Waals surface area (Å²) in [4.78, 5) is 12.9. The Labute approximate surface area is 109 Å². The van der Waals surface area contributed by atoms with E-state index < -0.39 is 0 Å². The van der Waals surface area contributed by atoms with Gasteiger partial charge in [-0.15, -0.1) is 11.3 Å². The topological polar surface area (TPSA) is 41.1 Å². The lowest BCUT2D eigenvalue weighted by Crippen LogP contribution is -2.34. The first-order valence-electron chi connectivity index (χ1n) is 5.38. The maximum Gasteiger partial charge on any atom is 0.228 e. The highest BCUT2D eigenvalue weighted by molar-refractivity contribution is 9.11. The minimum Gasteiger partial charge on any atom is -0.354 e. The molecule has 1 heterocycles. The second-order valence-corrected chi connectivity index (χ2v) is 6.00. The standard InChI is InChI=1S/C11H17BrN2OS/c1-3-13-6-7-14-11(15)8(2)9-4-5-10(12)16-9/h4-5,8,13H,3,6-7H2,1-2H3,(H,14,15). The van der Waals surface area contributed by atoms with E-state index in [0.717, 1.165) is 21.8 Å². The normalized spacial score (nSPS) is 12.4. The molecular formula is C11H17BrN2OS. The van der Waals surface area contributed by atoms with Gasteiger partial charge in [-0.2, -0.15) is 0 Å². The van der Waals surface area contributed by atoms with Gasteiger partial charge in [0.05, 0.1) is 9.70 Å². The molecule has 0 aliphatic rings. The van der Waals surface area contributed by atoms with Crippen LogP contribution in [0.3, 0.4) is 0 Å². The Hall–Kier alpha value is -0.390. The van der Waals surface area contributed by atoms with Crippen molar-refractivity contribution in [3.05, 3.63) is 20.8 Å². The van der Waals surface area contributed by atoms with Crippen molar-refractivity contribution >= 4 is 33.2 Å². The Morgan fingerprint density at radius 3 is 2.81 bits per heavy atom. The number of hydrogen-bond acceptors (Lipinski definition) is 3. The van der Waals surface area contributed by atoms with Crippen molar-refractivity contribution in [1.82, 2.24) is 10.6 Å². The third kappa shape index (κ3) is 4.23. The van der Waals surface area contributed by atoms with Gasteiger partial charge in [0.2, 0.25) is 5.91 Å². The fraction of sp³-hybridized carbons (Fsp3) is 0.545. The molecule has 90 valence electrons. The van der Waals surface area contributed by atoms with Crippen LogP contribution in [0.4, 0.5) is 0 Å². The second kappa shape index (κ2) is 7.04. The molecule has 1 rings (SSSR count). The number of carbonyl (C=O) groups excluding carboxylic acids is 1. The highest BCUT2D eigenvalue weighted by atomic mass is 79.9. The van der Waals surface area contributed by atoms with Crippen LogP contribution in [0.5, 0.6) is 0 Å². The maximum atomic E-state index is 11.8. The van der Waals surface area contributed by atoms with Crippen LogP contribution in [0.15, 0.2) is 15.9 Å². The van der Waals surface area contributed by atoms with Gasteiger partial charge in [-0.05, 0) is 41.5 Å². The van der Waals surface area contributed by atoms with Crippen LogP contribution in [0.25, 0.3) is 0 Å². The first kappa shape index (κ1) is 13.7. The summed E-state index contributed by atoms with van der Waals surface area (Å²) in [6.07, 6.45) is 0. The van der Waals surface area contributed by atoms with Crippen LogP contribution in [-0.4, -0.2) is 25.5 Å². The highest BCUT2D eigenvalue weighted by Crippen LogP contribution is 2.28. The highest BCUT2D eigenvalue weighted by Gasteiger charge is 2.16. The quantitative estimate of drug-likeness (QED) is 0.792. The molecule has 3 nitrogen and oxygen atoms in total. The summed E-state index contributed by atoms with van der Waals surface area (Å²) in [6, 6.07) is 3.96. The average Bonchev–Trinajstić information content (AvgIpc) is 2.70. The number of carbonyl (C=O) groups is 1. The van der Waals surface area contributed by atoms with E-state index in [1.54, 1.807) is 11.3 Å². The number of thiophene rings is 1. The fourth-order valence-corrected chi connectivity index (χ4v) is 2.77. The van der Waals surface area contributed by atoms with Crippen molar-refractivity contribution < 1.29 is 4.79 Å². The third-order valence-corrected chi connectivity index (χ3v) is 4.07. The zero-order valence-electron chi connectivity index (χ0n) is 9.55. The van der Waals surface area contributed by atoms with E-state index in [4.69, 9.17) is 0 Å². The first-order chi connectivity index (χ1) is 7.65. The van der Waals surface area contributed by atoms with Crippen LogP contribution in [0, 0.1) is 0 Å². The van der Waals surface area contributed by atoms with Crippen LogP contribution in [-0.2, 0) is 4.79 Å². The van der Waals surface area contributed by atoms with E-state index >= 15 is 0 Å².